The van der Waals surface area contributed by atoms with Gasteiger partial charge in [-0.3, -0.25) is 4.90 Å². The molecule has 2 saturated heterocycles. The predicted octanol–water partition coefficient (Wildman–Crippen LogP) is 2.71. The molecule has 2 aliphatic rings. The standard InChI is InChI=1S/C17H25BrN2O3S/c1-13-11-19(12-14(2)23-13)16-7-9-20(10-8-16)24(21,22)17-5-3-15(18)4-6-17/h3-6,13-14,16H,7-12H2,1-2H3/t13-,14-/m0/s1. The molecule has 1 aromatic rings. The second-order valence-corrected chi connectivity index (χ2v) is 9.65. The van der Waals surface area contributed by atoms with Gasteiger partial charge in [-0.05, 0) is 51.0 Å². The van der Waals surface area contributed by atoms with Gasteiger partial charge in [0.15, 0.2) is 0 Å². The highest BCUT2D eigenvalue weighted by Crippen LogP contribution is 2.26. The smallest absolute Gasteiger partial charge is 0.243 e. The third-order valence-corrected chi connectivity index (χ3v) is 7.28. The zero-order valence-electron chi connectivity index (χ0n) is 14.2. The van der Waals surface area contributed by atoms with Crippen LogP contribution < -0.4 is 0 Å². The molecule has 0 unspecified atom stereocenters. The first-order chi connectivity index (χ1) is 11.4. The van der Waals surface area contributed by atoms with Crippen LogP contribution in [0.3, 0.4) is 0 Å². The summed E-state index contributed by atoms with van der Waals surface area (Å²) in [4.78, 5) is 2.85. The maximum Gasteiger partial charge on any atom is 0.243 e. The van der Waals surface area contributed by atoms with Crippen LogP contribution in [0, 0.1) is 0 Å². The fourth-order valence-electron chi connectivity index (χ4n) is 3.72. The fourth-order valence-corrected chi connectivity index (χ4v) is 5.45. The summed E-state index contributed by atoms with van der Waals surface area (Å²) >= 11 is 3.35. The molecular formula is C17H25BrN2O3S. The van der Waals surface area contributed by atoms with Gasteiger partial charge in [0, 0.05) is 36.7 Å². The van der Waals surface area contributed by atoms with Crippen molar-refractivity contribution in [3.63, 3.8) is 0 Å². The van der Waals surface area contributed by atoms with Crippen LogP contribution in [0.25, 0.3) is 0 Å². The molecule has 0 bridgehead atoms. The molecule has 3 rings (SSSR count). The van der Waals surface area contributed by atoms with Crippen molar-refractivity contribution in [3.05, 3.63) is 28.7 Å². The number of morpholine rings is 1. The minimum absolute atomic E-state index is 0.248. The Morgan fingerprint density at radius 3 is 2.12 bits per heavy atom. The Hall–Kier alpha value is -0.470. The van der Waals surface area contributed by atoms with Crippen molar-refractivity contribution in [2.75, 3.05) is 26.2 Å². The average molecular weight is 417 g/mol. The van der Waals surface area contributed by atoms with E-state index < -0.39 is 10.0 Å². The molecule has 0 radical (unpaired) electrons. The molecule has 2 heterocycles. The first-order valence-corrected chi connectivity index (χ1v) is 10.7. The highest BCUT2D eigenvalue weighted by molar-refractivity contribution is 9.10. The third-order valence-electron chi connectivity index (χ3n) is 4.84. The normalized spacial score (nSPS) is 28.1. The van der Waals surface area contributed by atoms with E-state index in [2.05, 4.69) is 34.7 Å². The van der Waals surface area contributed by atoms with Crippen molar-refractivity contribution in [3.8, 4) is 0 Å². The second kappa shape index (κ2) is 7.41. The fraction of sp³-hybridized carbons (Fsp3) is 0.647. The summed E-state index contributed by atoms with van der Waals surface area (Å²) in [5, 5.41) is 0. The quantitative estimate of drug-likeness (QED) is 0.759. The molecule has 2 aliphatic heterocycles. The van der Waals surface area contributed by atoms with Crippen LogP contribution >= 0.6 is 15.9 Å². The lowest BCUT2D eigenvalue weighted by Gasteiger charge is -2.43. The Kier molecular flexibility index (Phi) is 5.66. The van der Waals surface area contributed by atoms with E-state index in [-0.39, 0.29) is 12.2 Å². The maximum absolute atomic E-state index is 12.8. The van der Waals surface area contributed by atoms with Gasteiger partial charge in [0.05, 0.1) is 17.1 Å². The molecule has 24 heavy (non-hydrogen) atoms. The first kappa shape index (κ1) is 18.3. The van der Waals surface area contributed by atoms with Crippen molar-refractivity contribution in [1.82, 2.24) is 9.21 Å². The van der Waals surface area contributed by atoms with Crippen LogP contribution in [-0.4, -0.2) is 62.1 Å². The van der Waals surface area contributed by atoms with Gasteiger partial charge < -0.3 is 4.74 Å². The number of sulfonamides is 1. The van der Waals surface area contributed by atoms with Crippen molar-refractivity contribution < 1.29 is 13.2 Å². The van der Waals surface area contributed by atoms with E-state index in [0.717, 1.165) is 30.4 Å². The molecular weight excluding hydrogens is 392 g/mol. The highest BCUT2D eigenvalue weighted by atomic mass is 79.9. The Bertz CT molecular complexity index is 647. The SMILES string of the molecule is C[C@H]1CN(C2CCN(S(=O)(=O)c3ccc(Br)cc3)CC2)C[C@H](C)O1. The van der Waals surface area contributed by atoms with Gasteiger partial charge in [-0.15, -0.1) is 0 Å². The molecule has 2 fully saturated rings. The van der Waals surface area contributed by atoms with Gasteiger partial charge in [0.2, 0.25) is 10.0 Å². The number of piperidine rings is 1. The lowest BCUT2D eigenvalue weighted by Crippen LogP contribution is -2.53. The number of rotatable bonds is 3. The Labute approximate surface area is 153 Å². The lowest BCUT2D eigenvalue weighted by atomic mass is 10.0. The number of nitrogens with zero attached hydrogens (tertiary/aromatic N) is 2. The molecule has 0 saturated carbocycles. The number of hydrogen-bond donors (Lipinski definition) is 0. The molecule has 0 amide bonds. The minimum atomic E-state index is -3.39. The van der Waals surface area contributed by atoms with Gasteiger partial charge in [-0.2, -0.15) is 4.31 Å². The van der Waals surface area contributed by atoms with Crippen molar-refractivity contribution >= 4 is 26.0 Å². The van der Waals surface area contributed by atoms with E-state index in [9.17, 15) is 8.42 Å². The summed E-state index contributed by atoms with van der Waals surface area (Å²) in [6, 6.07) is 7.33. The monoisotopic (exact) mass is 416 g/mol. The van der Waals surface area contributed by atoms with Crippen molar-refractivity contribution in [1.29, 1.82) is 0 Å². The van der Waals surface area contributed by atoms with E-state index in [1.54, 1.807) is 28.6 Å². The molecule has 134 valence electrons. The molecule has 0 aliphatic carbocycles. The Morgan fingerprint density at radius 2 is 1.58 bits per heavy atom. The molecule has 0 N–H and O–H groups in total. The van der Waals surface area contributed by atoms with Gasteiger partial charge in [0.1, 0.15) is 0 Å². The van der Waals surface area contributed by atoms with Gasteiger partial charge >= 0.3 is 0 Å². The molecule has 7 heteroatoms. The van der Waals surface area contributed by atoms with Crippen LogP contribution in [0.15, 0.2) is 33.6 Å². The summed E-state index contributed by atoms with van der Waals surface area (Å²) in [6.45, 7) is 7.26. The number of halogens is 1. The Morgan fingerprint density at radius 1 is 1.04 bits per heavy atom. The van der Waals surface area contributed by atoms with Crippen LogP contribution in [0.1, 0.15) is 26.7 Å². The van der Waals surface area contributed by atoms with Crippen LogP contribution in [-0.2, 0) is 14.8 Å². The average Bonchev–Trinajstić information content (AvgIpc) is 2.54. The van der Waals surface area contributed by atoms with Crippen molar-refractivity contribution in [2.45, 2.75) is 49.8 Å². The molecule has 0 aromatic heterocycles. The summed E-state index contributed by atoms with van der Waals surface area (Å²) in [5.74, 6) is 0. The van der Waals surface area contributed by atoms with Gasteiger partial charge in [-0.25, -0.2) is 8.42 Å². The summed E-state index contributed by atoms with van der Waals surface area (Å²) in [5.41, 5.74) is 0. The van der Waals surface area contributed by atoms with Crippen LogP contribution in [0.4, 0.5) is 0 Å². The van der Waals surface area contributed by atoms with E-state index in [1.165, 1.54) is 0 Å². The van der Waals surface area contributed by atoms with Gasteiger partial charge in [-0.1, -0.05) is 15.9 Å². The van der Waals surface area contributed by atoms with Gasteiger partial charge in [0.25, 0.3) is 0 Å². The summed E-state index contributed by atoms with van der Waals surface area (Å²) in [7, 11) is -3.39. The van der Waals surface area contributed by atoms with Crippen molar-refractivity contribution in [2.24, 2.45) is 0 Å². The highest BCUT2D eigenvalue weighted by Gasteiger charge is 2.34. The topological polar surface area (TPSA) is 49.9 Å². The number of ether oxygens (including phenoxy) is 1. The third kappa shape index (κ3) is 4.02. The van der Waals surface area contributed by atoms with E-state index in [4.69, 9.17) is 4.74 Å². The summed E-state index contributed by atoms with van der Waals surface area (Å²) < 4.78 is 33.8. The van der Waals surface area contributed by atoms with E-state index in [1.807, 2.05) is 0 Å². The number of hydrogen-bond acceptors (Lipinski definition) is 4. The zero-order chi connectivity index (χ0) is 17.3. The van der Waals surface area contributed by atoms with Crippen LogP contribution in [0.2, 0.25) is 0 Å². The first-order valence-electron chi connectivity index (χ1n) is 8.51. The predicted molar refractivity (Wildman–Crippen MR) is 97.5 cm³/mol. The lowest BCUT2D eigenvalue weighted by molar-refractivity contribution is -0.0847. The zero-order valence-corrected chi connectivity index (χ0v) is 16.6. The molecule has 0 spiro atoms. The Balaban J connectivity index is 1.63. The van der Waals surface area contributed by atoms with Crippen LogP contribution in [0.5, 0.6) is 0 Å². The molecule has 2 atom stereocenters. The number of benzene rings is 1. The second-order valence-electron chi connectivity index (χ2n) is 6.80. The minimum Gasteiger partial charge on any atom is -0.373 e. The van der Waals surface area contributed by atoms with E-state index >= 15 is 0 Å². The molecule has 1 aromatic carbocycles. The molecule has 5 nitrogen and oxygen atoms in total. The maximum atomic E-state index is 12.8. The van der Waals surface area contributed by atoms with E-state index in [0.29, 0.717) is 24.0 Å². The summed E-state index contributed by atoms with van der Waals surface area (Å²) in [6.07, 6.45) is 2.27. The largest absolute Gasteiger partial charge is 0.373 e.